The van der Waals surface area contributed by atoms with Crippen molar-refractivity contribution in [1.82, 2.24) is 10.4 Å². The highest BCUT2D eigenvalue weighted by Crippen LogP contribution is 2.28. The number of ether oxygens (including phenoxy) is 1. The first-order valence-corrected chi connectivity index (χ1v) is 11.5. The monoisotopic (exact) mass is 491 g/mol. The Hall–Kier alpha value is -3.41. The van der Waals surface area contributed by atoms with Gasteiger partial charge in [-0.05, 0) is 69.3 Å². The van der Waals surface area contributed by atoms with Crippen LogP contribution in [0.25, 0.3) is 22.2 Å². The maximum Gasteiger partial charge on any atom is 0.272 e. The van der Waals surface area contributed by atoms with Gasteiger partial charge in [-0.25, -0.2) is 10.4 Å². The van der Waals surface area contributed by atoms with E-state index in [1.807, 2.05) is 57.2 Å². The normalized spacial score (nSPS) is 11.6. The first kappa shape index (κ1) is 23.7. The average molecular weight is 492 g/mol. The van der Waals surface area contributed by atoms with E-state index in [2.05, 4.69) is 10.5 Å². The molecule has 5 nitrogen and oxygen atoms in total. The van der Waals surface area contributed by atoms with E-state index in [1.165, 1.54) is 0 Å². The summed E-state index contributed by atoms with van der Waals surface area (Å²) in [5.74, 6) is 0.384. The molecule has 34 heavy (non-hydrogen) atoms. The number of hydrogen-bond donors (Lipinski definition) is 1. The molecule has 0 unspecified atom stereocenters. The third kappa shape index (κ3) is 5.56. The van der Waals surface area contributed by atoms with E-state index < -0.39 is 0 Å². The first-order valence-electron chi connectivity index (χ1n) is 10.8. The number of hydrogen-bond acceptors (Lipinski definition) is 4. The molecule has 0 saturated heterocycles. The Morgan fingerprint density at radius 3 is 2.44 bits per heavy atom. The number of amides is 1. The SMILES string of the molecule is CC(=NNC(=O)c1cc(-c2ccc(Cl)cc2)nc2ccc(Cl)cc12)c1cccc(OC(C)C)c1. The Labute approximate surface area is 208 Å². The van der Waals surface area contributed by atoms with Crippen LogP contribution in [-0.2, 0) is 0 Å². The Kier molecular flexibility index (Phi) is 7.15. The smallest absolute Gasteiger partial charge is 0.272 e. The predicted molar refractivity (Wildman–Crippen MR) is 139 cm³/mol. The summed E-state index contributed by atoms with van der Waals surface area (Å²) >= 11 is 12.2. The van der Waals surface area contributed by atoms with Gasteiger partial charge in [0, 0.05) is 26.6 Å². The highest BCUT2D eigenvalue weighted by atomic mass is 35.5. The summed E-state index contributed by atoms with van der Waals surface area (Å²) in [4.78, 5) is 17.9. The van der Waals surface area contributed by atoms with Gasteiger partial charge in [0.1, 0.15) is 5.75 Å². The van der Waals surface area contributed by atoms with Gasteiger partial charge in [-0.2, -0.15) is 5.10 Å². The van der Waals surface area contributed by atoms with E-state index in [-0.39, 0.29) is 12.0 Å². The molecule has 7 heteroatoms. The lowest BCUT2D eigenvalue weighted by Crippen LogP contribution is -2.20. The van der Waals surface area contributed by atoms with Crippen molar-refractivity contribution in [2.24, 2.45) is 5.10 Å². The van der Waals surface area contributed by atoms with Crippen LogP contribution in [0.1, 0.15) is 36.7 Å². The van der Waals surface area contributed by atoms with Gasteiger partial charge in [0.2, 0.25) is 0 Å². The van der Waals surface area contributed by atoms with Crippen molar-refractivity contribution in [3.8, 4) is 17.0 Å². The maximum atomic E-state index is 13.2. The lowest BCUT2D eigenvalue weighted by molar-refractivity contribution is 0.0956. The van der Waals surface area contributed by atoms with E-state index in [0.29, 0.717) is 37.9 Å². The van der Waals surface area contributed by atoms with Gasteiger partial charge in [-0.15, -0.1) is 0 Å². The lowest BCUT2D eigenvalue weighted by Gasteiger charge is -2.11. The molecule has 0 fully saturated rings. The van der Waals surface area contributed by atoms with Crippen molar-refractivity contribution in [1.29, 1.82) is 0 Å². The highest BCUT2D eigenvalue weighted by molar-refractivity contribution is 6.31. The van der Waals surface area contributed by atoms with Crippen molar-refractivity contribution < 1.29 is 9.53 Å². The van der Waals surface area contributed by atoms with Gasteiger partial charge in [0.25, 0.3) is 5.91 Å². The first-order chi connectivity index (χ1) is 16.3. The molecule has 1 heterocycles. The fourth-order valence-electron chi connectivity index (χ4n) is 3.48. The van der Waals surface area contributed by atoms with Gasteiger partial charge in [-0.3, -0.25) is 4.79 Å². The van der Waals surface area contributed by atoms with E-state index in [4.69, 9.17) is 32.9 Å². The van der Waals surface area contributed by atoms with Crippen LogP contribution in [0.15, 0.2) is 77.9 Å². The molecule has 0 bridgehead atoms. The maximum absolute atomic E-state index is 13.2. The molecule has 4 rings (SSSR count). The third-order valence-electron chi connectivity index (χ3n) is 5.10. The van der Waals surface area contributed by atoms with Crippen LogP contribution in [0.2, 0.25) is 10.0 Å². The number of benzene rings is 3. The molecular formula is C27H23Cl2N3O2. The minimum atomic E-state index is -0.362. The molecular weight excluding hydrogens is 469 g/mol. The molecule has 0 aliphatic heterocycles. The summed E-state index contributed by atoms with van der Waals surface area (Å²) in [6, 6.07) is 21.9. The summed E-state index contributed by atoms with van der Waals surface area (Å²) in [5.41, 5.74) is 6.74. The molecule has 1 amide bonds. The molecule has 0 spiro atoms. The molecule has 1 N–H and O–H groups in total. The number of hydrazone groups is 1. The quantitative estimate of drug-likeness (QED) is 0.230. The highest BCUT2D eigenvalue weighted by Gasteiger charge is 2.15. The van der Waals surface area contributed by atoms with Crippen LogP contribution in [-0.4, -0.2) is 22.7 Å². The van der Waals surface area contributed by atoms with Crippen molar-refractivity contribution in [3.63, 3.8) is 0 Å². The predicted octanol–water partition coefficient (Wildman–Crippen LogP) is 7.15. The van der Waals surface area contributed by atoms with E-state index >= 15 is 0 Å². The molecule has 0 atom stereocenters. The number of pyridine rings is 1. The van der Waals surface area contributed by atoms with Crippen molar-refractivity contribution in [2.45, 2.75) is 26.9 Å². The molecule has 0 aliphatic carbocycles. The van der Waals surface area contributed by atoms with Crippen molar-refractivity contribution in [2.75, 3.05) is 0 Å². The summed E-state index contributed by atoms with van der Waals surface area (Å²) < 4.78 is 5.75. The summed E-state index contributed by atoms with van der Waals surface area (Å²) in [5, 5.41) is 6.11. The number of fused-ring (bicyclic) bond motifs is 1. The van der Waals surface area contributed by atoms with Crippen molar-refractivity contribution in [3.05, 3.63) is 94.0 Å². The molecule has 0 saturated carbocycles. The summed E-state index contributed by atoms with van der Waals surface area (Å²) in [6.07, 6.45) is 0.0637. The fraction of sp³-hybridized carbons (Fsp3) is 0.148. The Morgan fingerprint density at radius 1 is 0.971 bits per heavy atom. The zero-order chi connectivity index (χ0) is 24.2. The molecule has 1 aromatic heterocycles. The molecule has 3 aromatic carbocycles. The Morgan fingerprint density at radius 2 is 1.71 bits per heavy atom. The largest absolute Gasteiger partial charge is 0.491 e. The number of carbonyl (C=O) groups excluding carboxylic acids is 1. The van der Waals surface area contributed by atoms with Gasteiger partial charge < -0.3 is 4.74 Å². The van der Waals surface area contributed by atoms with Crippen LogP contribution in [0.5, 0.6) is 5.75 Å². The minimum absolute atomic E-state index is 0.0637. The van der Waals surface area contributed by atoms with E-state index in [0.717, 1.165) is 16.9 Å². The second kappa shape index (κ2) is 10.2. The van der Waals surface area contributed by atoms with Crippen molar-refractivity contribution >= 4 is 45.7 Å². The molecule has 4 aromatic rings. The summed E-state index contributed by atoms with van der Waals surface area (Å²) in [6.45, 7) is 5.77. The number of nitrogens with zero attached hydrogens (tertiary/aromatic N) is 2. The average Bonchev–Trinajstić information content (AvgIpc) is 2.82. The van der Waals surface area contributed by atoms with Crippen LogP contribution in [0, 0.1) is 0 Å². The van der Waals surface area contributed by atoms with Crippen LogP contribution < -0.4 is 10.2 Å². The number of nitrogens with one attached hydrogen (secondary N) is 1. The second-order valence-corrected chi connectivity index (χ2v) is 8.93. The number of rotatable bonds is 6. The van der Waals surface area contributed by atoms with Gasteiger partial charge in [0.05, 0.1) is 28.6 Å². The van der Waals surface area contributed by atoms with Gasteiger partial charge in [-0.1, -0.05) is 47.5 Å². The lowest BCUT2D eigenvalue weighted by atomic mass is 10.0. The third-order valence-corrected chi connectivity index (χ3v) is 5.59. The van der Waals surface area contributed by atoms with E-state index in [1.54, 1.807) is 36.4 Å². The standard InChI is InChI=1S/C27H23Cl2N3O2/c1-16(2)34-22-6-4-5-19(13-22)17(3)31-32-27(33)24-15-26(18-7-9-20(28)10-8-18)30-25-12-11-21(29)14-23(24)25/h4-16H,1-3H3,(H,32,33). The molecule has 0 radical (unpaired) electrons. The second-order valence-electron chi connectivity index (χ2n) is 8.06. The number of halogens is 2. The van der Waals surface area contributed by atoms with Crippen LogP contribution in [0.4, 0.5) is 0 Å². The summed E-state index contributed by atoms with van der Waals surface area (Å²) in [7, 11) is 0. The van der Waals surface area contributed by atoms with Gasteiger partial charge in [0.15, 0.2) is 0 Å². The number of carbonyl (C=O) groups is 1. The van der Waals surface area contributed by atoms with E-state index in [9.17, 15) is 4.79 Å². The topological polar surface area (TPSA) is 63.6 Å². The van der Waals surface area contributed by atoms with Crippen LogP contribution >= 0.6 is 23.2 Å². The fourth-order valence-corrected chi connectivity index (χ4v) is 3.78. The zero-order valence-electron chi connectivity index (χ0n) is 19.0. The minimum Gasteiger partial charge on any atom is -0.491 e. The molecule has 0 aliphatic rings. The van der Waals surface area contributed by atoms with Gasteiger partial charge >= 0.3 is 0 Å². The Bertz CT molecular complexity index is 1380. The Balaban J connectivity index is 1.67. The zero-order valence-corrected chi connectivity index (χ0v) is 20.5. The van der Waals surface area contributed by atoms with Crippen LogP contribution in [0.3, 0.4) is 0 Å². The molecule has 172 valence electrons. The number of aromatic nitrogens is 1.